The van der Waals surface area contributed by atoms with Crippen molar-refractivity contribution < 1.29 is 5.11 Å². The van der Waals surface area contributed by atoms with Crippen molar-refractivity contribution in [1.82, 2.24) is 9.97 Å². The number of hydrogen-bond acceptors (Lipinski definition) is 4. The highest BCUT2D eigenvalue weighted by Gasteiger charge is 2.07. The Morgan fingerprint density at radius 2 is 2.43 bits per heavy atom. The lowest BCUT2D eigenvalue weighted by Gasteiger charge is -2.18. The smallest absolute Gasteiger partial charge is 0.271 e. The molecule has 0 aliphatic carbocycles. The standard InChI is InChI=1S/C8H12ClN3O2/c1-5(13)4-12(2)8-10-3-6(9)7(14)11-8/h3,5,13H,4H2,1-2H3,(H,10,11,14). The first kappa shape index (κ1) is 11.0. The minimum Gasteiger partial charge on any atom is -0.392 e. The summed E-state index contributed by atoms with van der Waals surface area (Å²) in [5.74, 6) is 0.389. The molecule has 78 valence electrons. The predicted molar refractivity (Wildman–Crippen MR) is 54.8 cm³/mol. The molecule has 2 N–H and O–H groups in total. The van der Waals surface area contributed by atoms with Crippen LogP contribution in [0, 0.1) is 0 Å². The van der Waals surface area contributed by atoms with Gasteiger partial charge in [0.1, 0.15) is 5.02 Å². The summed E-state index contributed by atoms with van der Waals surface area (Å²) in [4.78, 5) is 19.2. The van der Waals surface area contributed by atoms with Gasteiger partial charge in [0.25, 0.3) is 5.56 Å². The molecule has 0 aromatic carbocycles. The summed E-state index contributed by atoms with van der Waals surface area (Å²) in [5.41, 5.74) is -0.380. The van der Waals surface area contributed by atoms with Crippen molar-refractivity contribution in [2.24, 2.45) is 0 Å². The first-order valence-corrected chi connectivity index (χ1v) is 4.52. The van der Waals surface area contributed by atoms with Crippen LogP contribution in [0.3, 0.4) is 0 Å². The van der Waals surface area contributed by atoms with Crippen LogP contribution in [0.25, 0.3) is 0 Å². The summed E-state index contributed by atoms with van der Waals surface area (Å²) in [6.45, 7) is 2.05. The number of aromatic nitrogens is 2. The van der Waals surface area contributed by atoms with E-state index in [1.54, 1.807) is 18.9 Å². The SMILES string of the molecule is CC(O)CN(C)c1ncc(Cl)c(=O)[nH]1. The van der Waals surface area contributed by atoms with Crippen molar-refractivity contribution in [2.75, 3.05) is 18.5 Å². The average Bonchev–Trinajstić information content (AvgIpc) is 2.08. The maximum Gasteiger partial charge on any atom is 0.271 e. The molecule has 1 rings (SSSR count). The molecule has 1 aromatic heterocycles. The zero-order valence-electron chi connectivity index (χ0n) is 7.99. The van der Waals surface area contributed by atoms with E-state index in [9.17, 15) is 4.79 Å². The number of aromatic amines is 1. The molecule has 0 bridgehead atoms. The summed E-state index contributed by atoms with van der Waals surface area (Å²) >= 11 is 5.52. The van der Waals surface area contributed by atoms with Gasteiger partial charge in [0.05, 0.1) is 12.3 Å². The molecule has 0 aliphatic heterocycles. The number of anilines is 1. The van der Waals surface area contributed by atoms with Crippen LogP contribution in [0.5, 0.6) is 0 Å². The molecular formula is C8H12ClN3O2. The fraction of sp³-hybridized carbons (Fsp3) is 0.500. The molecule has 1 atom stereocenters. The highest BCUT2D eigenvalue weighted by Crippen LogP contribution is 2.04. The molecule has 0 spiro atoms. The summed E-state index contributed by atoms with van der Waals surface area (Å²) < 4.78 is 0. The molecule has 0 fully saturated rings. The van der Waals surface area contributed by atoms with Gasteiger partial charge in [-0.3, -0.25) is 9.78 Å². The zero-order chi connectivity index (χ0) is 10.7. The van der Waals surface area contributed by atoms with Gasteiger partial charge in [0.15, 0.2) is 0 Å². The number of aliphatic hydroxyl groups is 1. The number of likely N-dealkylation sites (N-methyl/N-ethyl adjacent to an activating group) is 1. The molecule has 6 heteroatoms. The zero-order valence-corrected chi connectivity index (χ0v) is 8.75. The maximum atomic E-state index is 11.1. The fourth-order valence-electron chi connectivity index (χ4n) is 1.05. The summed E-state index contributed by atoms with van der Waals surface area (Å²) in [6, 6.07) is 0. The van der Waals surface area contributed by atoms with Crippen molar-refractivity contribution in [1.29, 1.82) is 0 Å². The number of nitrogens with zero attached hydrogens (tertiary/aromatic N) is 2. The molecular weight excluding hydrogens is 206 g/mol. The van der Waals surface area contributed by atoms with Gasteiger partial charge in [0, 0.05) is 13.6 Å². The third-order valence-electron chi connectivity index (χ3n) is 1.64. The van der Waals surface area contributed by atoms with E-state index in [2.05, 4.69) is 9.97 Å². The van der Waals surface area contributed by atoms with E-state index in [4.69, 9.17) is 16.7 Å². The van der Waals surface area contributed by atoms with E-state index in [0.29, 0.717) is 12.5 Å². The Morgan fingerprint density at radius 1 is 1.79 bits per heavy atom. The van der Waals surface area contributed by atoms with Crippen molar-refractivity contribution in [3.8, 4) is 0 Å². The minimum absolute atomic E-state index is 0.0548. The van der Waals surface area contributed by atoms with E-state index in [1.807, 2.05) is 0 Å². The second kappa shape index (κ2) is 4.43. The first-order chi connectivity index (χ1) is 6.50. The number of hydrogen-bond donors (Lipinski definition) is 2. The van der Waals surface area contributed by atoms with E-state index < -0.39 is 6.10 Å². The molecule has 14 heavy (non-hydrogen) atoms. The molecule has 0 saturated heterocycles. The fourth-order valence-corrected chi connectivity index (χ4v) is 1.14. The van der Waals surface area contributed by atoms with Crippen molar-refractivity contribution in [3.63, 3.8) is 0 Å². The Hall–Kier alpha value is -1.07. The van der Waals surface area contributed by atoms with Gasteiger partial charge >= 0.3 is 0 Å². The third kappa shape index (κ3) is 2.71. The quantitative estimate of drug-likeness (QED) is 0.761. The van der Waals surface area contributed by atoms with Crippen LogP contribution in [0.2, 0.25) is 5.02 Å². The van der Waals surface area contributed by atoms with Gasteiger partial charge < -0.3 is 10.0 Å². The van der Waals surface area contributed by atoms with E-state index >= 15 is 0 Å². The van der Waals surface area contributed by atoms with Gasteiger partial charge in [-0.05, 0) is 6.92 Å². The second-order valence-electron chi connectivity index (χ2n) is 3.11. The summed E-state index contributed by atoms with van der Waals surface area (Å²) in [5, 5.41) is 9.18. The van der Waals surface area contributed by atoms with Crippen LogP contribution in [0.15, 0.2) is 11.0 Å². The van der Waals surface area contributed by atoms with Crippen LogP contribution >= 0.6 is 11.6 Å². The minimum atomic E-state index is -0.485. The van der Waals surface area contributed by atoms with Gasteiger partial charge in [-0.1, -0.05) is 11.6 Å². The highest BCUT2D eigenvalue weighted by atomic mass is 35.5. The lowest BCUT2D eigenvalue weighted by molar-refractivity contribution is 0.201. The molecule has 1 aromatic rings. The van der Waals surface area contributed by atoms with Crippen LogP contribution in [-0.4, -0.2) is 34.8 Å². The molecule has 0 amide bonds. The number of halogens is 1. The Labute approximate surface area is 86.3 Å². The third-order valence-corrected chi connectivity index (χ3v) is 1.91. The number of rotatable bonds is 3. The first-order valence-electron chi connectivity index (χ1n) is 4.14. The topological polar surface area (TPSA) is 69.2 Å². The maximum absolute atomic E-state index is 11.1. The number of aliphatic hydroxyl groups excluding tert-OH is 1. The number of nitrogens with one attached hydrogen (secondary N) is 1. The van der Waals surface area contributed by atoms with Crippen molar-refractivity contribution in [2.45, 2.75) is 13.0 Å². The summed E-state index contributed by atoms with van der Waals surface area (Å²) in [6.07, 6.45) is 0.801. The number of H-pyrrole nitrogens is 1. The van der Waals surface area contributed by atoms with E-state index in [-0.39, 0.29) is 10.6 Å². The molecule has 1 unspecified atom stereocenters. The van der Waals surface area contributed by atoms with Gasteiger partial charge in [-0.2, -0.15) is 0 Å². The molecule has 0 saturated carbocycles. The monoisotopic (exact) mass is 217 g/mol. The van der Waals surface area contributed by atoms with Gasteiger partial charge in [-0.15, -0.1) is 0 Å². The largest absolute Gasteiger partial charge is 0.392 e. The van der Waals surface area contributed by atoms with Crippen LogP contribution in [0.4, 0.5) is 5.95 Å². The second-order valence-corrected chi connectivity index (χ2v) is 3.52. The summed E-state index contributed by atoms with van der Waals surface area (Å²) in [7, 11) is 1.72. The Balaban J connectivity index is 2.86. The normalized spacial score (nSPS) is 12.6. The van der Waals surface area contributed by atoms with E-state index in [0.717, 1.165) is 0 Å². The van der Waals surface area contributed by atoms with Crippen molar-refractivity contribution >= 4 is 17.5 Å². The van der Waals surface area contributed by atoms with Crippen LogP contribution in [0.1, 0.15) is 6.92 Å². The molecule has 0 aliphatic rings. The molecule has 1 heterocycles. The lowest BCUT2D eigenvalue weighted by atomic mass is 10.4. The van der Waals surface area contributed by atoms with Gasteiger partial charge in [-0.25, -0.2) is 4.98 Å². The Kier molecular flexibility index (Phi) is 3.49. The molecule has 0 radical (unpaired) electrons. The van der Waals surface area contributed by atoms with Gasteiger partial charge in [0.2, 0.25) is 5.95 Å². The lowest BCUT2D eigenvalue weighted by Crippen LogP contribution is -2.29. The predicted octanol–water partition coefficient (Wildman–Crippen LogP) is 0.240. The highest BCUT2D eigenvalue weighted by molar-refractivity contribution is 6.30. The van der Waals surface area contributed by atoms with Crippen LogP contribution < -0.4 is 10.5 Å². The van der Waals surface area contributed by atoms with E-state index in [1.165, 1.54) is 6.20 Å². The molecule has 5 nitrogen and oxygen atoms in total. The Morgan fingerprint density at radius 3 is 2.93 bits per heavy atom. The Bertz CT molecular complexity index is 364. The average molecular weight is 218 g/mol. The van der Waals surface area contributed by atoms with Crippen LogP contribution in [-0.2, 0) is 0 Å². The van der Waals surface area contributed by atoms with Crippen molar-refractivity contribution in [3.05, 3.63) is 21.6 Å².